The van der Waals surface area contributed by atoms with Crippen molar-refractivity contribution in [2.24, 2.45) is 0 Å². The van der Waals surface area contributed by atoms with Crippen LogP contribution in [0, 0.1) is 12.7 Å². The fourth-order valence-corrected chi connectivity index (χ4v) is 5.09. The molecule has 1 aliphatic heterocycles. The topological polar surface area (TPSA) is 106 Å². The summed E-state index contributed by atoms with van der Waals surface area (Å²) in [4.78, 5) is 39.1. The fourth-order valence-electron chi connectivity index (χ4n) is 4.32. The summed E-state index contributed by atoms with van der Waals surface area (Å²) in [5, 5.41) is 14.2. The largest absolute Gasteiger partial charge is 0.341 e. The van der Waals surface area contributed by atoms with E-state index in [1.807, 2.05) is 0 Å². The second kappa shape index (κ2) is 7.63. The van der Waals surface area contributed by atoms with Crippen LogP contribution in [-0.4, -0.2) is 32.4 Å². The number of benzene rings is 1. The molecule has 0 saturated heterocycles. The first-order valence-corrected chi connectivity index (χ1v) is 11.2. The summed E-state index contributed by atoms with van der Waals surface area (Å²) >= 11 is 1.35. The van der Waals surface area contributed by atoms with Gasteiger partial charge in [0.2, 0.25) is 0 Å². The van der Waals surface area contributed by atoms with Gasteiger partial charge in [-0.1, -0.05) is 0 Å². The van der Waals surface area contributed by atoms with Gasteiger partial charge in [-0.05, 0) is 62.4 Å². The smallest absolute Gasteiger partial charge is 0.294 e. The molecule has 5 rings (SSSR count). The Morgan fingerprint density at radius 1 is 1.19 bits per heavy atom. The molecular weight excluding hydrogens is 433 g/mol. The van der Waals surface area contributed by atoms with Gasteiger partial charge < -0.3 is 15.2 Å². The monoisotopic (exact) mass is 453 g/mol. The summed E-state index contributed by atoms with van der Waals surface area (Å²) in [5.41, 5.74) is 3.28. The quantitative estimate of drug-likeness (QED) is 0.441. The standard InChI is InChI=1S/C22H20FN5O3S/c1-12-16(19(30)25-14-6-4-13(23)5-7-14)15-3-2-10-28(15)17(12)18(29)20(31)26-22(8-9-22)21-27-24-11-32-21/h4-7,11H,2-3,8-10H2,1H3,(H,25,30)(H,26,31). The van der Waals surface area contributed by atoms with E-state index in [4.69, 9.17) is 0 Å². The van der Waals surface area contributed by atoms with Crippen molar-refractivity contribution >= 4 is 34.6 Å². The van der Waals surface area contributed by atoms with E-state index in [-0.39, 0.29) is 11.6 Å². The lowest BCUT2D eigenvalue weighted by molar-refractivity contribution is -0.118. The SMILES string of the molecule is Cc1c(C(=O)Nc2ccc(F)cc2)c2n(c1C(=O)C(=O)NC1(c3nncs3)CC1)CCC2. The summed E-state index contributed by atoms with van der Waals surface area (Å²) in [6, 6.07) is 5.47. The number of hydrogen-bond acceptors (Lipinski definition) is 6. The molecule has 3 heterocycles. The third-order valence-corrected chi connectivity index (χ3v) is 6.93. The van der Waals surface area contributed by atoms with Gasteiger partial charge in [0.25, 0.3) is 17.6 Å². The lowest BCUT2D eigenvalue weighted by Gasteiger charge is -2.14. The Balaban J connectivity index is 1.42. The summed E-state index contributed by atoms with van der Waals surface area (Å²) in [7, 11) is 0. The van der Waals surface area contributed by atoms with Crippen LogP contribution in [0.5, 0.6) is 0 Å². The number of anilines is 1. The Bertz CT molecular complexity index is 1230. The van der Waals surface area contributed by atoms with Crippen molar-refractivity contribution in [3.05, 3.63) is 63.1 Å². The minimum atomic E-state index is -0.710. The molecule has 0 bridgehead atoms. The molecule has 1 aromatic carbocycles. The van der Waals surface area contributed by atoms with Crippen LogP contribution in [0.2, 0.25) is 0 Å². The Kier molecular flexibility index (Phi) is 4.89. The molecule has 10 heteroatoms. The van der Waals surface area contributed by atoms with Crippen LogP contribution in [0.3, 0.4) is 0 Å². The predicted molar refractivity (Wildman–Crippen MR) is 115 cm³/mol. The van der Waals surface area contributed by atoms with Crippen molar-refractivity contribution < 1.29 is 18.8 Å². The lowest BCUT2D eigenvalue weighted by Crippen LogP contribution is -2.40. The number of Topliss-reactive ketones (excluding diaryl/α,β-unsaturated/α-hetero) is 1. The molecule has 1 fully saturated rings. The second-order valence-electron chi connectivity index (χ2n) is 8.12. The molecule has 0 atom stereocenters. The normalized spacial score (nSPS) is 15.8. The average molecular weight is 453 g/mol. The van der Waals surface area contributed by atoms with E-state index < -0.39 is 23.0 Å². The molecule has 8 nitrogen and oxygen atoms in total. The minimum absolute atomic E-state index is 0.243. The second-order valence-corrected chi connectivity index (χ2v) is 8.95. The van der Waals surface area contributed by atoms with Crippen LogP contribution in [0.15, 0.2) is 29.8 Å². The first kappa shape index (κ1) is 20.5. The van der Waals surface area contributed by atoms with E-state index in [0.717, 1.165) is 12.1 Å². The summed E-state index contributed by atoms with van der Waals surface area (Å²) in [5.74, 6) is -2.16. The first-order chi connectivity index (χ1) is 15.4. The van der Waals surface area contributed by atoms with Crippen LogP contribution < -0.4 is 10.6 Å². The van der Waals surface area contributed by atoms with Crippen molar-refractivity contribution in [3.8, 4) is 0 Å². The van der Waals surface area contributed by atoms with Crippen LogP contribution >= 0.6 is 11.3 Å². The number of nitrogens with zero attached hydrogens (tertiary/aromatic N) is 3. The summed E-state index contributed by atoms with van der Waals surface area (Å²) in [6.45, 7) is 2.25. The first-order valence-electron chi connectivity index (χ1n) is 10.3. The van der Waals surface area contributed by atoms with E-state index >= 15 is 0 Å². The molecule has 164 valence electrons. The molecule has 2 aromatic heterocycles. The van der Waals surface area contributed by atoms with Crippen molar-refractivity contribution in [3.63, 3.8) is 0 Å². The van der Waals surface area contributed by atoms with E-state index in [2.05, 4.69) is 20.8 Å². The molecule has 32 heavy (non-hydrogen) atoms. The van der Waals surface area contributed by atoms with Crippen molar-refractivity contribution in [2.45, 2.75) is 44.7 Å². The summed E-state index contributed by atoms with van der Waals surface area (Å²) in [6.07, 6.45) is 2.83. The highest BCUT2D eigenvalue weighted by Gasteiger charge is 2.49. The van der Waals surface area contributed by atoms with Gasteiger partial charge in [-0.2, -0.15) is 0 Å². The van der Waals surface area contributed by atoms with Gasteiger partial charge >= 0.3 is 0 Å². The predicted octanol–water partition coefficient (Wildman–Crippen LogP) is 2.97. The fraction of sp³-hybridized carbons (Fsp3) is 0.318. The van der Waals surface area contributed by atoms with Crippen LogP contribution in [-0.2, 0) is 23.3 Å². The third-order valence-electron chi connectivity index (χ3n) is 6.03. The van der Waals surface area contributed by atoms with Crippen molar-refractivity contribution in [2.75, 3.05) is 5.32 Å². The number of carbonyl (C=O) groups is 3. The number of hydrogen-bond donors (Lipinski definition) is 2. The number of fused-ring (bicyclic) bond motifs is 1. The Hall–Kier alpha value is -3.40. The molecule has 1 saturated carbocycles. The molecule has 1 aliphatic carbocycles. The zero-order valence-corrected chi connectivity index (χ0v) is 18.1. The van der Waals surface area contributed by atoms with Gasteiger partial charge in [0.15, 0.2) is 0 Å². The van der Waals surface area contributed by atoms with Crippen molar-refractivity contribution in [1.82, 2.24) is 20.1 Å². The van der Waals surface area contributed by atoms with Crippen LogP contribution in [0.4, 0.5) is 10.1 Å². The molecule has 3 aromatic rings. The lowest BCUT2D eigenvalue weighted by atomic mass is 10.0. The Morgan fingerprint density at radius 2 is 1.94 bits per heavy atom. The Morgan fingerprint density at radius 3 is 2.59 bits per heavy atom. The van der Waals surface area contributed by atoms with E-state index in [0.29, 0.717) is 47.6 Å². The van der Waals surface area contributed by atoms with E-state index in [1.54, 1.807) is 17.0 Å². The molecule has 0 spiro atoms. The van der Waals surface area contributed by atoms with Gasteiger partial charge in [0, 0.05) is 17.9 Å². The molecule has 0 unspecified atom stereocenters. The van der Waals surface area contributed by atoms with E-state index in [9.17, 15) is 18.8 Å². The maximum Gasteiger partial charge on any atom is 0.294 e. The number of carbonyl (C=O) groups excluding carboxylic acids is 3. The molecule has 0 radical (unpaired) electrons. The van der Waals surface area contributed by atoms with Gasteiger partial charge in [0.05, 0.1) is 16.8 Å². The Labute approximate surface area is 186 Å². The van der Waals surface area contributed by atoms with Crippen LogP contribution in [0.1, 0.15) is 56.4 Å². The zero-order chi connectivity index (χ0) is 22.5. The zero-order valence-electron chi connectivity index (χ0n) is 17.3. The van der Waals surface area contributed by atoms with Crippen LogP contribution in [0.25, 0.3) is 0 Å². The maximum atomic E-state index is 13.2. The van der Waals surface area contributed by atoms with Gasteiger partial charge in [-0.25, -0.2) is 4.39 Å². The molecule has 2 N–H and O–H groups in total. The highest BCUT2D eigenvalue weighted by Crippen LogP contribution is 2.46. The minimum Gasteiger partial charge on any atom is -0.341 e. The third kappa shape index (κ3) is 3.40. The molecule has 2 amide bonds. The average Bonchev–Trinajstić information content (AvgIpc) is 3.14. The number of halogens is 1. The van der Waals surface area contributed by atoms with Crippen molar-refractivity contribution in [1.29, 1.82) is 0 Å². The van der Waals surface area contributed by atoms with Gasteiger partial charge in [-0.15, -0.1) is 21.5 Å². The number of aromatic nitrogens is 3. The highest BCUT2D eigenvalue weighted by atomic mass is 32.1. The maximum absolute atomic E-state index is 13.2. The summed E-state index contributed by atoms with van der Waals surface area (Å²) < 4.78 is 15.0. The number of nitrogens with one attached hydrogen (secondary N) is 2. The highest BCUT2D eigenvalue weighted by molar-refractivity contribution is 7.09. The number of rotatable bonds is 6. The molecular formula is C22H20FN5O3S. The van der Waals surface area contributed by atoms with E-state index in [1.165, 1.54) is 35.6 Å². The molecule has 2 aliphatic rings. The number of ketones is 1. The van der Waals surface area contributed by atoms with Gasteiger partial charge in [-0.3, -0.25) is 14.4 Å². The van der Waals surface area contributed by atoms with Gasteiger partial charge in [0.1, 0.15) is 16.3 Å². The number of amides is 2.